The molecule has 0 spiro atoms. The topological polar surface area (TPSA) is 39.1 Å². The van der Waals surface area contributed by atoms with Crippen molar-refractivity contribution < 1.29 is 13.2 Å². The fourth-order valence-corrected chi connectivity index (χ4v) is 3.14. The SMILES string of the molecule is N=CN(/C=C/C1CC2=C(C=C1F)CNCC2)Cc1ccc(F)c(F)c1. The fraction of sp³-hybridized carbons (Fsp3) is 0.316. The summed E-state index contributed by atoms with van der Waals surface area (Å²) in [6.45, 7) is 1.84. The molecule has 0 radical (unpaired) electrons. The highest BCUT2D eigenvalue weighted by molar-refractivity contribution is 5.52. The summed E-state index contributed by atoms with van der Waals surface area (Å²) in [4.78, 5) is 1.51. The van der Waals surface area contributed by atoms with E-state index in [-0.39, 0.29) is 18.3 Å². The molecule has 0 amide bonds. The first-order valence-corrected chi connectivity index (χ1v) is 8.24. The molecule has 132 valence electrons. The highest BCUT2D eigenvalue weighted by Gasteiger charge is 2.23. The van der Waals surface area contributed by atoms with Gasteiger partial charge < -0.3 is 10.2 Å². The molecule has 1 aliphatic carbocycles. The number of hydrogen-bond donors (Lipinski definition) is 2. The van der Waals surface area contributed by atoms with E-state index in [1.165, 1.54) is 16.5 Å². The van der Waals surface area contributed by atoms with E-state index in [0.29, 0.717) is 18.5 Å². The van der Waals surface area contributed by atoms with Gasteiger partial charge in [0.25, 0.3) is 0 Å². The Morgan fingerprint density at radius 3 is 2.84 bits per heavy atom. The van der Waals surface area contributed by atoms with Crippen LogP contribution in [0.25, 0.3) is 0 Å². The van der Waals surface area contributed by atoms with Crippen molar-refractivity contribution in [1.82, 2.24) is 10.2 Å². The van der Waals surface area contributed by atoms with Crippen molar-refractivity contribution in [2.45, 2.75) is 19.4 Å². The lowest BCUT2D eigenvalue weighted by atomic mass is 9.85. The highest BCUT2D eigenvalue weighted by Crippen LogP contribution is 2.33. The van der Waals surface area contributed by atoms with Crippen molar-refractivity contribution in [1.29, 1.82) is 5.41 Å². The van der Waals surface area contributed by atoms with Gasteiger partial charge in [0.05, 0.1) is 6.34 Å². The molecule has 1 unspecified atom stereocenters. The maximum absolute atomic E-state index is 14.3. The third-order valence-corrected chi connectivity index (χ3v) is 4.53. The maximum Gasteiger partial charge on any atom is 0.159 e. The van der Waals surface area contributed by atoms with Gasteiger partial charge in [-0.15, -0.1) is 0 Å². The molecule has 0 aromatic heterocycles. The standard InChI is InChI=1S/C19H20F3N3/c20-17-2-1-13(7-19(17)22)11-25(12-23)6-4-15-8-14-3-5-24-10-16(14)9-18(15)21/h1-2,4,6-7,9,12,15,23-24H,3,5,8,10-11H2/b6-4+,23-12?. The molecule has 6 heteroatoms. The molecule has 0 fully saturated rings. The summed E-state index contributed by atoms with van der Waals surface area (Å²) in [7, 11) is 0. The average molecular weight is 347 g/mol. The van der Waals surface area contributed by atoms with E-state index >= 15 is 0 Å². The van der Waals surface area contributed by atoms with Gasteiger partial charge in [-0.1, -0.05) is 17.7 Å². The molecule has 0 saturated heterocycles. The quantitative estimate of drug-likeness (QED) is 0.623. The summed E-state index contributed by atoms with van der Waals surface area (Å²) >= 11 is 0. The van der Waals surface area contributed by atoms with Crippen LogP contribution in [0.2, 0.25) is 0 Å². The smallest absolute Gasteiger partial charge is 0.159 e. The number of benzene rings is 1. The second-order valence-electron chi connectivity index (χ2n) is 6.29. The van der Waals surface area contributed by atoms with Crippen LogP contribution in [0.1, 0.15) is 18.4 Å². The van der Waals surface area contributed by atoms with Gasteiger partial charge in [-0.2, -0.15) is 0 Å². The van der Waals surface area contributed by atoms with Crippen molar-refractivity contribution >= 4 is 6.34 Å². The van der Waals surface area contributed by atoms with Crippen LogP contribution in [0.3, 0.4) is 0 Å². The van der Waals surface area contributed by atoms with Crippen LogP contribution >= 0.6 is 0 Å². The molecule has 2 N–H and O–H groups in total. The summed E-state index contributed by atoms with van der Waals surface area (Å²) in [5, 5.41) is 10.7. The normalized spacial score (nSPS) is 20.4. The lowest BCUT2D eigenvalue weighted by Gasteiger charge is -2.26. The van der Waals surface area contributed by atoms with Gasteiger partial charge in [0.2, 0.25) is 0 Å². The van der Waals surface area contributed by atoms with Crippen molar-refractivity contribution in [3.63, 3.8) is 0 Å². The Balaban J connectivity index is 1.67. The molecule has 1 aliphatic heterocycles. The lowest BCUT2D eigenvalue weighted by Crippen LogP contribution is -2.27. The van der Waals surface area contributed by atoms with Gasteiger partial charge in [-0.3, -0.25) is 5.41 Å². The molecular formula is C19H20F3N3. The molecule has 0 saturated carbocycles. The molecule has 25 heavy (non-hydrogen) atoms. The Labute approximate surface area is 145 Å². The fourth-order valence-electron chi connectivity index (χ4n) is 3.14. The van der Waals surface area contributed by atoms with Crippen molar-refractivity contribution in [2.24, 2.45) is 5.92 Å². The molecule has 0 bridgehead atoms. The van der Waals surface area contributed by atoms with Crippen LogP contribution < -0.4 is 5.32 Å². The van der Waals surface area contributed by atoms with Gasteiger partial charge in [0, 0.05) is 25.2 Å². The molecule has 3 nitrogen and oxygen atoms in total. The van der Waals surface area contributed by atoms with E-state index < -0.39 is 11.6 Å². The van der Waals surface area contributed by atoms with Crippen molar-refractivity contribution in [3.05, 3.63) is 70.7 Å². The van der Waals surface area contributed by atoms with Crippen molar-refractivity contribution in [3.8, 4) is 0 Å². The van der Waals surface area contributed by atoms with Gasteiger partial charge >= 0.3 is 0 Å². The number of nitrogens with zero attached hydrogens (tertiary/aromatic N) is 1. The van der Waals surface area contributed by atoms with Gasteiger partial charge in [0.15, 0.2) is 11.6 Å². The first-order valence-electron chi connectivity index (χ1n) is 8.24. The number of rotatable bonds is 5. The molecular weight excluding hydrogens is 327 g/mol. The average Bonchev–Trinajstić information content (AvgIpc) is 2.61. The molecule has 2 aliphatic rings. The first kappa shape index (κ1) is 17.5. The van der Waals surface area contributed by atoms with Gasteiger partial charge in [0.1, 0.15) is 5.83 Å². The molecule has 3 rings (SSSR count). The minimum absolute atomic E-state index is 0.184. The zero-order valence-corrected chi connectivity index (χ0v) is 13.7. The van der Waals surface area contributed by atoms with E-state index in [1.807, 2.05) is 0 Å². The monoisotopic (exact) mass is 347 g/mol. The van der Waals surface area contributed by atoms with E-state index in [4.69, 9.17) is 5.41 Å². The van der Waals surface area contributed by atoms with E-state index in [9.17, 15) is 13.2 Å². The molecule has 1 aromatic carbocycles. The third-order valence-electron chi connectivity index (χ3n) is 4.53. The van der Waals surface area contributed by atoms with Gasteiger partial charge in [-0.05, 0) is 48.7 Å². The number of halogens is 3. The highest BCUT2D eigenvalue weighted by atomic mass is 19.2. The molecule has 1 aromatic rings. The van der Waals surface area contributed by atoms with Crippen LogP contribution in [-0.4, -0.2) is 24.3 Å². The Bertz CT molecular complexity index is 752. The van der Waals surface area contributed by atoms with Crippen LogP contribution in [0, 0.1) is 23.0 Å². The molecule has 1 heterocycles. The maximum atomic E-state index is 14.3. The predicted octanol–water partition coefficient (Wildman–Crippen LogP) is 4.05. The summed E-state index contributed by atoms with van der Waals surface area (Å²) in [6, 6.07) is 3.63. The van der Waals surface area contributed by atoms with Crippen LogP contribution in [-0.2, 0) is 6.54 Å². The summed E-state index contributed by atoms with van der Waals surface area (Å²) in [5.41, 5.74) is 2.85. The number of hydrogen-bond acceptors (Lipinski definition) is 2. The largest absolute Gasteiger partial charge is 0.335 e. The second kappa shape index (κ2) is 7.70. The first-order chi connectivity index (χ1) is 12.1. The van der Waals surface area contributed by atoms with Crippen LogP contribution in [0.15, 0.2) is 53.5 Å². The summed E-state index contributed by atoms with van der Waals surface area (Å²) in [5.74, 6) is -2.35. The minimum Gasteiger partial charge on any atom is -0.335 e. The predicted molar refractivity (Wildman–Crippen MR) is 91.6 cm³/mol. The Hall–Kier alpha value is -2.34. The number of nitrogens with one attached hydrogen (secondary N) is 2. The Morgan fingerprint density at radius 2 is 2.08 bits per heavy atom. The minimum atomic E-state index is -0.918. The zero-order valence-electron chi connectivity index (χ0n) is 13.7. The van der Waals surface area contributed by atoms with E-state index in [1.54, 1.807) is 18.4 Å². The lowest BCUT2D eigenvalue weighted by molar-refractivity contribution is 0.483. The van der Waals surface area contributed by atoms with Crippen molar-refractivity contribution in [2.75, 3.05) is 13.1 Å². The van der Waals surface area contributed by atoms with Gasteiger partial charge in [-0.25, -0.2) is 13.2 Å². The number of allylic oxidation sites excluding steroid dienone is 2. The Kier molecular flexibility index (Phi) is 5.38. The Morgan fingerprint density at radius 1 is 1.24 bits per heavy atom. The summed E-state index contributed by atoms with van der Waals surface area (Å²) in [6.07, 6.45) is 7.60. The second-order valence-corrected chi connectivity index (χ2v) is 6.29. The van der Waals surface area contributed by atoms with E-state index in [2.05, 4.69) is 5.32 Å². The molecule has 1 atom stereocenters. The van der Waals surface area contributed by atoms with Crippen LogP contribution in [0.5, 0.6) is 0 Å². The van der Waals surface area contributed by atoms with E-state index in [0.717, 1.165) is 37.0 Å². The van der Waals surface area contributed by atoms with Crippen LogP contribution in [0.4, 0.5) is 13.2 Å². The summed E-state index contributed by atoms with van der Waals surface area (Å²) < 4.78 is 40.5. The zero-order chi connectivity index (χ0) is 17.8. The third kappa shape index (κ3) is 4.20.